The average Bonchev–Trinajstić information content (AvgIpc) is 2.99. The number of carbonyl (C=O) groups is 1. The number of rotatable bonds is 2. The lowest BCUT2D eigenvalue weighted by atomic mass is 10.1. The van der Waals surface area contributed by atoms with Gasteiger partial charge in [-0.25, -0.2) is 8.42 Å². The van der Waals surface area contributed by atoms with E-state index in [2.05, 4.69) is 0 Å². The van der Waals surface area contributed by atoms with Gasteiger partial charge in [-0.2, -0.15) is 0 Å². The summed E-state index contributed by atoms with van der Waals surface area (Å²) in [7, 11) is -1.43. The van der Waals surface area contributed by atoms with Crippen LogP contribution in [0.4, 0.5) is 0 Å². The third-order valence-corrected chi connectivity index (χ3v) is 6.23. The number of furan rings is 1. The van der Waals surface area contributed by atoms with Crippen LogP contribution in [0.5, 0.6) is 0 Å². The van der Waals surface area contributed by atoms with Crippen molar-refractivity contribution >= 4 is 38.3 Å². The third kappa shape index (κ3) is 2.50. The maximum absolute atomic E-state index is 12.6. The highest BCUT2D eigenvalue weighted by Crippen LogP contribution is 2.31. The van der Waals surface area contributed by atoms with Crippen LogP contribution >= 0.6 is 11.6 Å². The molecular weight excluding hydrogens is 326 g/mol. The van der Waals surface area contributed by atoms with Crippen molar-refractivity contribution in [3.8, 4) is 0 Å². The molecule has 1 fully saturated rings. The molecule has 2 heterocycles. The third-order valence-electron chi connectivity index (χ3n) is 4.19. The normalized spacial score (nSPS) is 20.4. The Bertz CT molecular complexity index is 856. The van der Waals surface area contributed by atoms with Gasteiger partial charge in [0.25, 0.3) is 5.91 Å². The molecule has 118 valence electrons. The van der Waals surface area contributed by atoms with Gasteiger partial charge in [-0.15, -0.1) is 0 Å². The first-order valence-electron chi connectivity index (χ1n) is 6.95. The van der Waals surface area contributed by atoms with Crippen molar-refractivity contribution < 1.29 is 17.6 Å². The number of amides is 1. The molecule has 3 rings (SSSR count). The van der Waals surface area contributed by atoms with E-state index in [1.54, 1.807) is 26.1 Å². The van der Waals surface area contributed by atoms with Crippen molar-refractivity contribution in [2.45, 2.75) is 19.4 Å². The van der Waals surface area contributed by atoms with E-state index in [-0.39, 0.29) is 29.2 Å². The van der Waals surface area contributed by atoms with Gasteiger partial charge in [-0.05, 0) is 19.4 Å². The van der Waals surface area contributed by atoms with Crippen molar-refractivity contribution in [1.82, 2.24) is 4.90 Å². The maximum atomic E-state index is 12.6. The van der Waals surface area contributed by atoms with Crippen LogP contribution in [-0.2, 0) is 9.84 Å². The lowest BCUT2D eigenvalue weighted by Crippen LogP contribution is -2.37. The maximum Gasteiger partial charge on any atom is 0.289 e. The largest absolute Gasteiger partial charge is 0.449 e. The minimum absolute atomic E-state index is 0.00920. The van der Waals surface area contributed by atoms with Gasteiger partial charge in [0.05, 0.1) is 16.5 Å². The van der Waals surface area contributed by atoms with E-state index in [9.17, 15) is 13.2 Å². The fraction of sp³-hybridized carbons (Fsp3) is 0.400. The van der Waals surface area contributed by atoms with Crippen LogP contribution in [0.15, 0.2) is 22.6 Å². The van der Waals surface area contributed by atoms with Crippen molar-refractivity contribution in [1.29, 1.82) is 0 Å². The summed E-state index contributed by atoms with van der Waals surface area (Å²) >= 11 is 6.09. The number of fused-ring (bicyclic) bond motifs is 1. The molecule has 1 amide bonds. The van der Waals surface area contributed by atoms with E-state index in [0.717, 1.165) is 10.9 Å². The molecule has 5 nitrogen and oxygen atoms in total. The summed E-state index contributed by atoms with van der Waals surface area (Å²) in [5.41, 5.74) is 1.20. The lowest BCUT2D eigenvalue weighted by molar-refractivity contribution is 0.0717. The second-order valence-corrected chi connectivity index (χ2v) is 8.28. The smallest absolute Gasteiger partial charge is 0.289 e. The summed E-state index contributed by atoms with van der Waals surface area (Å²) in [4.78, 5) is 14.1. The molecular formula is C15H16ClNO4S. The van der Waals surface area contributed by atoms with Crippen molar-refractivity contribution in [3.05, 3.63) is 34.5 Å². The molecule has 0 aliphatic carbocycles. The first kappa shape index (κ1) is 15.4. The van der Waals surface area contributed by atoms with Crippen LogP contribution in [0.2, 0.25) is 5.02 Å². The van der Waals surface area contributed by atoms with Crippen molar-refractivity contribution in [3.63, 3.8) is 0 Å². The second kappa shape index (κ2) is 5.28. The van der Waals surface area contributed by atoms with Crippen LogP contribution < -0.4 is 0 Å². The highest BCUT2D eigenvalue weighted by molar-refractivity contribution is 7.91. The molecule has 0 radical (unpaired) electrons. The highest BCUT2D eigenvalue weighted by atomic mass is 35.5. The molecule has 1 saturated heterocycles. The van der Waals surface area contributed by atoms with Crippen LogP contribution in [0, 0.1) is 6.92 Å². The summed E-state index contributed by atoms with van der Waals surface area (Å²) in [5, 5.41) is 1.24. The zero-order valence-corrected chi connectivity index (χ0v) is 13.9. The molecule has 1 atom stereocenters. The molecule has 1 aromatic carbocycles. The Labute approximate surface area is 133 Å². The standard InChI is InChI=1S/C15H16ClNO4S/c1-9-11-4-3-5-12(16)14(11)21-13(9)15(18)17(2)10-6-7-22(19,20)8-10/h3-5,10H,6-8H2,1-2H3. The van der Waals surface area contributed by atoms with E-state index in [1.165, 1.54) is 4.90 Å². The molecule has 1 aliphatic rings. The zero-order chi connectivity index (χ0) is 16.1. The Balaban J connectivity index is 1.96. The molecule has 0 bridgehead atoms. The Hall–Kier alpha value is -1.53. The van der Waals surface area contributed by atoms with E-state index in [0.29, 0.717) is 17.0 Å². The SMILES string of the molecule is Cc1c(C(=O)N(C)C2CCS(=O)(=O)C2)oc2c(Cl)cccc12. The molecule has 0 N–H and O–H groups in total. The summed E-state index contributed by atoms with van der Waals surface area (Å²) in [6.45, 7) is 1.80. The minimum atomic E-state index is -3.04. The predicted octanol–water partition coefficient (Wildman–Crippen LogP) is 2.65. The van der Waals surface area contributed by atoms with Crippen LogP contribution in [0.1, 0.15) is 22.5 Å². The monoisotopic (exact) mass is 341 g/mol. The molecule has 1 unspecified atom stereocenters. The van der Waals surface area contributed by atoms with Crippen LogP contribution in [0.3, 0.4) is 0 Å². The number of sulfone groups is 1. The predicted molar refractivity (Wildman–Crippen MR) is 85.1 cm³/mol. The summed E-state index contributed by atoms with van der Waals surface area (Å²) in [5.74, 6) is 0.0388. The molecule has 7 heteroatoms. The highest BCUT2D eigenvalue weighted by Gasteiger charge is 2.34. The number of hydrogen-bond donors (Lipinski definition) is 0. The molecule has 1 aliphatic heterocycles. The van der Waals surface area contributed by atoms with Gasteiger partial charge < -0.3 is 9.32 Å². The first-order valence-corrected chi connectivity index (χ1v) is 9.15. The van der Waals surface area contributed by atoms with E-state index < -0.39 is 9.84 Å². The minimum Gasteiger partial charge on any atom is -0.449 e. The van der Waals surface area contributed by atoms with Gasteiger partial charge in [0.15, 0.2) is 21.2 Å². The van der Waals surface area contributed by atoms with Crippen LogP contribution in [0.25, 0.3) is 11.0 Å². The number of carbonyl (C=O) groups excluding carboxylic acids is 1. The molecule has 1 aromatic heterocycles. The zero-order valence-electron chi connectivity index (χ0n) is 12.3. The quantitative estimate of drug-likeness (QED) is 0.842. The van der Waals surface area contributed by atoms with Gasteiger partial charge in [0.1, 0.15) is 0 Å². The first-order chi connectivity index (χ1) is 10.3. The Morgan fingerprint density at radius 3 is 2.73 bits per heavy atom. The fourth-order valence-electron chi connectivity index (χ4n) is 2.82. The van der Waals surface area contributed by atoms with Crippen LogP contribution in [-0.4, -0.2) is 43.8 Å². The summed E-state index contributed by atoms with van der Waals surface area (Å²) < 4.78 is 28.8. The summed E-state index contributed by atoms with van der Waals surface area (Å²) in [6.07, 6.45) is 0.463. The molecule has 2 aromatic rings. The molecule has 22 heavy (non-hydrogen) atoms. The number of halogens is 1. The van der Waals surface area contributed by atoms with Gasteiger partial charge in [0.2, 0.25) is 0 Å². The van der Waals surface area contributed by atoms with Gasteiger partial charge in [0, 0.05) is 24.0 Å². The number of hydrogen-bond acceptors (Lipinski definition) is 4. The van der Waals surface area contributed by atoms with Gasteiger partial charge in [-0.3, -0.25) is 4.79 Å². The number of aryl methyl sites for hydroxylation is 1. The van der Waals surface area contributed by atoms with Crippen molar-refractivity contribution in [2.75, 3.05) is 18.6 Å². The van der Waals surface area contributed by atoms with Gasteiger partial charge in [-0.1, -0.05) is 23.7 Å². The topological polar surface area (TPSA) is 67.6 Å². The van der Waals surface area contributed by atoms with Crippen molar-refractivity contribution in [2.24, 2.45) is 0 Å². The van der Waals surface area contributed by atoms with Gasteiger partial charge >= 0.3 is 0 Å². The van der Waals surface area contributed by atoms with E-state index in [4.69, 9.17) is 16.0 Å². The Kier molecular flexibility index (Phi) is 3.69. The molecule has 0 spiro atoms. The number of para-hydroxylation sites is 1. The van der Waals surface area contributed by atoms with E-state index in [1.807, 2.05) is 6.07 Å². The Morgan fingerprint density at radius 2 is 2.14 bits per heavy atom. The Morgan fingerprint density at radius 1 is 1.41 bits per heavy atom. The number of nitrogens with zero attached hydrogens (tertiary/aromatic N) is 1. The van der Waals surface area contributed by atoms with E-state index >= 15 is 0 Å². The lowest BCUT2D eigenvalue weighted by Gasteiger charge is -2.22. The molecule has 0 saturated carbocycles. The average molecular weight is 342 g/mol. The second-order valence-electron chi connectivity index (χ2n) is 5.65. The number of benzene rings is 1. The fourth-order valence-corrected chi connectivity index (χ4v) is 4.81. The summed E-state index contributed by atoms with van der Waals surface area (Å²) in [6, 6.07) is 5.04.